The molecule has 1 aliphatic heterocycles. The molecule has 0 bridgehead atoms. The number of hydrogen-bond donors (Lipinski definition) is 2. The average molecular weight is 645 g/mol. The molecule has 36 heavy (non-hydrogen) atoms. The highest BCUT2D eigenvalue weighted by Gasteiger charge is 2.36. The van der Waals surface area contributed by atoms with Crippen LogP contribution in [0.15, 0.2) is 35.2 Å². The number of thioether (sulfide) groups is 1. The Bertz CT molecular complexity index is 1250. The second-order valence-corrected chi connectivity index (χ2v) is 10.1. The van der Waals surface area contributed by atoms with Crippen LogP contribution in [0.2, 0.25) is 5.02 Å². The highest BCUT2D eigenvalue weighted by Crippen LogP contribution is 2.36. The van der Waals surface area contributed by atoms with Crippen LogP contribution in [0.25, 0.3) is 6.08 Å². The van der Waals surface area contributed by atoms with Crippen LogP contribution >= 0.6 is 46.0 Å². The number of benzene rings is 2. The zero-order chi connectivity index (χ0) is 26.4. The summed E-state index contributed by atoms with van der Waals surface area (Å²) in [5.41, 5.74) is 0.905. The average Bonchev–Trinajstić information content (AvgIpc) is 3.09. The molecule has 3 amide bonds. The number of rotatable bonds is 9. The predicted octanol–water partition coefficient (Wildman–Crippen LogP) is 5.29. The van der Waals surface area contributed by atoms with E-state index in [0.717, 1.165) is 11.3 Å². The predicted molar refractivity (Wildman–Crippen MR) is 145 cm³/mol. The molecule has 0 spiro atoms. The standard InChI is InChI=1S/C24H22ClIN2O7S/c1-3-4-7-35-23(32)15-11-14(5-6-16(15)25)27-20(29)12-28-22(31)19(36-24(28)33)10-13-8-17(26)21(30)18(9-13)34-2/h5-6,8-11,30H,3-4,7,12H2,1-2H3,(H,27,29)/b19-10+. The van der Waals surface area contributed by atoms with Gasteiger partial charge in [-0.15, -0.1) is 0 Å². The Morgan fingerprint density at radius 1 is 1.25 bits per heavy atom. The van der Waals surface area contributed by atoms with E-state index in [4.69, 9.17) is 21.1 Å². The van der Waals surface area contributed by atoms with Crippen molar-refractivity contribution in [2.24, 2.45) is 0 Å². The highest BCUT2D eigenvalue weighted by atomic mass is 127. The van der Waals surface area contributed by atoms with Gasteiger partial charge in [0.25, 0.3) is 11.1 Å². The Hall–Kier alpha value is -2.77. The molecule has 2 aromatic rings. The molecular weight excluding hydrogens is 623 g/mol. The summed E-state index contributed by atoms with van der Waals surface area (Å²) >= 11 is 8.72. The zero-order valence-corrected chi connectivity index (χ0v) is 23.0. The van der Waals surface area contributed by atoms with E-state index in [1.807, 2.05) is 29.5 Å². The van der Waals surface area contributed by atoms with Crippen LogP contribution in [0.5, 0.6) is 11.5 Å². The van der Waals surface area contributed by atoms with Crippen molar-refractivity contribution in [2.45, 2.75) is 19.8 Å². The molecule has 2 aromatic carbocycles. The Morgan fingerprint density at radius 2 is 2.00 bits per heavy atom. The van der Waals surface area contributed by atoms with Gasteiger partial charge in [-0.3, -0.25) is 19.3 Å². The number of carbonyl (C=O) groups is 4. The number of phenols is 1. The molecule has 1 heterocycles. The number of amides is 3. The topological polar surface area (TPSA) is 122 Å². The minimum Gasteiger partial charge on any atom is -0.504 e. The highest BCUT2D eigenvalue weighted by molar-refractivity contribution is 14.1. The zero-order valence-electron chi connectivity index (χ0n) is 19.3. The Morgan fingerprint density at radius 3 is 2.69 bits per heavy atom. The first-order valence-electron chi connectivity index (χ1n) is 10.7. The normalized spacial score (nSPS) is 14.3. The summed E-state index contributed by atoms with van der Waals surface area (Å²) in [4.78, 5) is 51.0. The third-order valence-electron chi connectivity index (χ3n) is 4.94. The summed E-state index contributed by atoms with van der Waals surface area (Å²) < 4.78 is 10.8. The first-order chi connectivity index (χ1) is 17.1. The van der Waals surface area contributed by atoms with Gasteiger partial charge in [0.2, 0.25) is 5.91 Å². The molecule has 1 saturated heterocycles. The number of hydrogen-bond acceptors (Lipinski definition) is 8. The lowest BCUT2D eigenvalue weighted by Gasteiger charge is -2.13. The summed E-state index contributed by atoms with van der Waals surface area (Å²) in [6.07, 6.45) is 3.07. The van der Waals surface area contributed by atoms with Gasteiger partial charge in [0, 0.05) is 5.69 Å². The van der Waals surface area contributed by atoms with Gasteiger partial charge in [0.05, 0.1) is 32.8 Å². The number of aromatic hydroxyl groups is 1. The number of methoxy groups -OCH3 is 1. The number of ether oxygens (including phenoxy) is 2. The van der Waals surface area contributed by atoms with E-state index in [-0.39, 0.29) is 39.3 Å². The van der Waals surface area contributed by atoms with Crippen molar-refractivity contribution in [3.8, 4) is 11.5 Å². The summed E-state index contributed by atoms with van der Waals surface area (Å²) in [6.45, 7) is 1.71. The van der Waals surface area contributed by atoms with Crippen LogP contribution in [0.3, 0.4) is 0 Å². The summed E-state index contributed by atoms with van der Waals surface area (Å²) in [5, 5.41) is 12.1. The molecule has 3 rings (SSSR count). The monoisotopic (exact) mass is 644 g/mol. The molecule has 0 radical (unpaired) electrons. The van der Waals surface area contributed by atoms with Gasteiger partial charge in [-0.25, -0.2) is 4.79 Å². The van der Waals surface area contributed by atoms with E-state index in [9.17, 15) is 24.3 Å². The van der Waals surface area contributed by atoms with Crippen LogP contribution in [-0.2, 0) is 14.3 Å². The number of esters is 1. The second kappa shape index (κ2) is 12.5. The third kappa shape index (κ3) is 6.71. The van der Waals surface area contributed by atoms with Crippen molar-refractivity contribution in [3.05, 3.63) is 55.0 Å². The van der Waals surface area contributed by atoms with E-state index in [0.29, 0.717) is 27.3 Å². The maximum absolute atomic E-state index is 12.8. The van der Waals surface area contributed by atoms with E-state index in [1.54, 1.807) is 6.07 Å². The molecule has 0 unspecified atom stereocenters. The fraction of sp³-hybridized carbons (Fsp3) is 0.250. The maximum atomic E-state index is 12.8. The van der Waals surface area contributed by atoms with Crippen molar-refractivity contribution in [1.29, 1.82) is 0 Å². The Balaban J connectivity index is 1.69. The fourth-order valence-corrected chi connectivity index (χ4v) is 4.77. The van der Waals surface area contributed by atoms with Gasteiger partial charge in [0.1, 0.15) is 6.54 Å². The molecule has 0 atom stereocenters. The number of phenolic OH excluding ortho intramolecular Hbond substituents is 1. The Kier molecular flexibility index (Phi) is 9.63. The molecule has 190 valence electrons. The SMILES string of the molecule is CCCCOC(=O)c1cc(NC(=O)CN2C(=O)S/C(=C/c3cc(I)c(O)c(OC)c3)C2=O)ccc1Cl. The lowest BCUT2D eigenvalue weighted by molar-refractivity contribution is -0.127. The number of halogens is 2. The Labute approximate surface area is 230 Å². The number of nitrogens with zero attached hydrogens (tertiary/aromatic N) is 1. The first-order valence-corrected chi connectivity index (χ1v) is 13.0. The van der Waals surface area contributed by atoms with Gasteiger partial charge in [0.15, 0.2) is 11.5 Å². The third-order valence-corrected chi connectivity index (χ3v) is 7.00. The molecule has 0 aliphatic carbocycles. The van der Waals surface area contributed by atoms with Gasteiger partial charge >= 0.3 is 5.97 Å². The molecule has 0 saturated carbocycles. The maximum Gasteiger partial charge on any atom is 0.339 e. The smallest absolute Gasteiger partial charge is 0.339 e. The fourth-order valence-electron chi connectivity index (χ4n) is 3.11. The van der Waals surface area contributed by atoms with Crippen molar-refractivity contribution >= 4 is 80.7 Å². The minimum absolute atomic E-state index is 0.0281. The largest absolute Gasteiger partial charge is 0.504 e. The number of imide groups is 1. The molecule has 12 heteroatoms. The van der Waals surface area contributed by atoms with E-state index < -0.39 is 29.6 Å². The van der Waals surface area contributed by atoms with Gasteiger partial charge < -0.3 is 19.9 Å². The molecule has 1 aliphatic rings. The van der Waals surface area contributed by atoms with Crippen molar-refractivity contribution in [2.75, 3.05) is 25.6 Å². The van der Waals surface area contributed by atoms with Crippen molar-refractivity contribution in [3.63, 3.8) is 0 Å². The number of nitrogens with one attached hydrogen (secondary N) is 1. The number of unbranched alkanes of at least 4 members (excludes halogenated alkanes) is 1. The van der Waals surface area contributed by atoms with Crippen molar-refractivity contribution in [1.82, 2.24) is 4.90 Å². The lowest BCUT2D eigenvalue weighted by Crippen LogP contribution is -2.36. The van der Waals surface area contributed by atoms with Crippen LogP contribution in [0, 0.1) is 3.57 Å². The quantitative estimate of drug-likeness (QED) is 0.164. The van der Waals surface area contributed by atoms with E-state index in [2.05, 4.69) is 5.32 Å². The van der Waals surface area contributed by atoms with Crippen LogP contribution < -0.4 is 10.1 Å². The van der Waals surface area contributed by atoms with E-state index in [1.165, 1.54) is 37.5 Å². The van der Waals surface area contributed by atoms with Gasteiger partial charge in [-0.1, -0.05) is 24.9 Å². The van der Waals surface area contributed by atoms with Gasteiger partial charge in [-0.2, -0.15) is 0 Å². The van der Waals surface area contributed by atoms with Crippen LogP contribution in [-0.4, -0.2) is 53.3 Å². The molecule has 2 N–H and O–H groups in total. The lowest BCUT2D eigenvalue weighted by atomic mass is 10.2. The van der Waals surface area contributed by atoms with Crippen LogP contribution in [0.4, 0.5) is 10.5 Å². The summed E-state index contributed by atoms with van der Waals surface area (Å²) in [6, 6.07) is 7.48. The van der Waals surface area contributed by atoms with Crippen LogP contribution in [0.1, 0.15) is 35.7 Å². The number of anilines is 1. The molecule has 0 aromatic heterocycles. The summed E-state index contributed by atoms with van der Waals surface area (Å²) in [7, 11) is 1.40. The molecule has 1 fully saturated rings. The summed E-state index contributed by atoms with van der Waals surface area (Å²) in [5.74, 6) is -1.67. The van der Waals surface area contributed by atoms with Crippen molar-refractivity contribution < 1.29 is 33.8 Å². The second-order valence-electron chi connectivity index (χ2n) is 7.55. The molecule has 9 nitrogen and oxygen atoms in total. The van der Waals surface area contributed by atoms with E-state index >= 15 is 0 Å². The van der Waals surface area contributed by atoms with Gasteiger partial charge in [-0.05, 0) is 82.7 Å². The number of carbonyl (C=O) groups excluding carboxylic acids is 4. The molecular formula is C24H22ClIN2O7S. The minimum atomic E-state index is -0.632. The first kappa shape index (κ1) is 27.8.